The zero-order chi connectivity index (χ0) is 38.2. The van der Waals surface area contributed by atoms with Crippen LogP contribution >= 0.6 is 11.3 Å². The molecule has 58 heavy (non-hydrogen) atoms. The van der Waals surface area contributed by atoms with Gasteiger partial charge in [-0.1, -0.05) is 133 Å². The van der Waals surface area contributed by atoms with E-state index < -0.39 is 0 Å². The number of anilines is 3. The highest BCUT2D eigenvalue weighted by Gasteiger charge is 2.18. The van der Waals surface area contributed by atoms with Crippen LogP contribution in [0, 0.1) is 0 Å². The highest BCUT2D eigenvalue weighted by molar-refractivity contribution is 7.26. The molecule has 0 atom stereocenters. The molecule has 0 aliphatic carbocycles. The lowest BCUT2D eigenvalue weighted by atomic mass is 9.98. The van der Waals surface area contributed by atoms with Crippen molar-refractivity contribution in [3.05, 3.63) is 200 Å². The van der Waals surface area contributed by atoms with Gasteiger partial charge < -0.3 is 13.7 Å². The van der Waals surface area contributed by atoms with Gasteiger partial charge in [0.1, 0.15) is 22.3 Å². The maximum atomic E-state index is 6.24. The summed E-state index contributed by atoms with van der Waals surface area (Å²) >= 11 is 1.87. The number of furan rings is 2. The maximum absolute atomic E-state index is 6.24. The van der Waals surface area contributed by atoms with Gasteiger partial charge in [0.2, 0.25) is 0 Å². The molecule has 9 aromatic carbocycles. The van der Waals surface area contributed by atoms with Gasteiger partial charge in [-0.15, -0.1) is 11.3 Å². The van der Waals surface area contributed by atoms with E-state index in [1.165, 1.54) is 31.3 Å². The second-order valence-corrected chi connectivity index (χ2v) is 15.9. The van der Waals surface area contributed by atoms with Crippen LogP contribution in [0.15, 0.2) is 209 Å². The number of hydrogen-bond donors (Lipinski definition) is 0. The molecule has 0 amide bonds. The molecule has 12 aromatic rings. The standard InChI is InChI=1S/C54H33NO2S/c1-4-17-47-45(11-1)52-40(13-8-19-49(52)56-47)34-22-28-37(29-23-34)55(38-30-24-35(25-31-38)41-14-9-20-50-53(41)46-12-2-5-18-48(46)57-50)39-32-26-36(27-33-39)42-15-7-16-44-43-10-3-6-21-51(43)58-54(42)44/h1-33H. The van der Waals surface area contributed by atoms with Gasteiger partial charge in [-0.05, 0) is 100 Å². The number of nitrogens with zero attached hydrogens (tertiary/aromatic N) is 1. The SMILES string of the molecule is c1ccc2c(c1)oc1cccc(-c3ccc(N(c4ccc(-c5cccc6c5sc5ccccc56)cc4)c4ccc(-c5cccc6oc7ccccc7c56)cc4)cc3)c12. The third-order valence-corrected chi connectivity index (χ3v) is 12.7. The summed E-state index contributed by atoms with van der Waals surface area (Å²) < 4.78 is 15.1. The minimum atomic E-state index is 0.898. The van der Waals surface area contributed by atoms with Crippen LogP contribution in [0.25, 0.3) is 97.4 Å². The number of fused-ring (bicyclic) bond motifs is 9. The summed E-state index contributed by atoms with van der Waals surface area (Å²) in [5.74, 6) is 0. The number of benzene rings is 9. The fourth-order valence-electron chi connectivity index (χ4n) is 8.82. The normalized spacial score (nSPS) is 11.8. The van der Waals surface area contributed by atoms with Crippen LogP contribution in [-0.4, -0.2) is 0 Å². The van der Waals surface area contributed by atoms with E-state index >= 15 is 0 Å². The molecule has 0 bridgehead atoms. The minimum Gasteiger partial charge on any atom is -0.456 e. The van der Waals surface area contributed by atoms with E-state index in [4.69, 9.17) is 8.83 Å². The van der Waals surface area contributed by atoms with Crippen LogP contribution < -0.4 is 4.90 Å². The minimum absolute atomic E-state index is 0.898. The monoisotopic (exact) mass is 759 g/mol. The molecule has 0 aliphatic rings. The molecule has 272 valence electrons. The average molecular weight is 760 g/mol. The molecule has 0 radical (unpaired) electrons. The van der Waals surface area contributed by atoms with Crippen molar-refractivity contribution in [1.29, 1.82) is 0 Å². The molecule has 3 heterocycles. The van der Waals surface area contributed by atoms with Crippen LogP contribution in [0.2, 0.25) is 0 Å². The predicted octanol–water partition coefficient (Wildman–Crippen LogP) is 16.3. The molecule has 0 aliphatic heterocycles. The molecule has 0 saturated carbocycles. The molecule has 0 unspecified atom stereocenters. The van der Waals surface area contributed by atoms with Crippen molar-refractivity contribution in [2.24, 2.45) is 0 Å². The first-order valence-corrected chi connectivity index (χ1v) is 20.4. The van der Waals surface area contributed by atoms with Crippen molar-refractivity contribution < 1.29 is 8.83 Å². The number of thiophene rings is 1. The highest BCUT2D eigenvalue weighted by Crippen LogP contribution is 2.44. The van der Waals surface area contributed by atoms with Gasteiger partial charge in [-0.2, -0.15) is 0 Å². The lowest BCUT2D eigenvalue weighted by molar-refractivity contribution is 0.668. The second-order valence-electron chi connectivity index (χ2n) is 14.8. The maximum Gasteiger partial charge on any atom is 0.136 e. The molecule has 4 heteroatoms. The van der Waals surface area contributed by atoms with Gasteiger partial charge in [-0.25, -0.2) is 0 Å². The molecule has 0 saturated heterocycles. The largest absolute Gasteiger partial charge is 0.456 e. The van der Waals surface area contributed by atoms with E-state index in [2.05, 4.69) is 181 Å². The Morgan fingerprint density at radius 1 is 0.310 bits per heavy atom. The molecule has 12 rings (SSSR count). The van der Waals surface area contributed by atoms with Gasteiger partial charge in [0.15, 0.2) is 0 Å². The highest BCUT2D eigenvalue weighted by atomic mass is 32.1. The molecular weight excluding hydrogens is 727 g/mol. The van der Waals surface area contributed by atoms with Crippen LogP contribution in [0.4, 0.5) is 17.1 Å². The van der Waals surface area contributed by atoms with E-state index in [1.807, 2.05) is 35.6 Å². The van der Waals surface area contributed by atoms with Crippen molar-refractivity contribution in [1.82, 2.24) is 0 Å². The summed E-state index contributed by atoms with van der Waals surface area (Å²) in [6.07, 6.45) is 0. The van der Waals surface area contributed by atoms with Crippen molar-refractivity contribution in [3.63, 3.8) is 0 Å². The fraction of sp³-hybridized carbons (Fsp3) is 0. The van der Waals surface area contributed by atoms with Gasteiger partial charge in [-0.3, -0.25) is 0 Å². The van der Waals surface area contributed by atoms with Crippen LogP contribution in [0.1, 0.15) is 0 Å². The Labute approximate surface area is 338 Å². The van der Waals surface area contributed by atoms with Gasteiger partial charge >= 0.3 is 0 Å². The molecule has 3 nitrogen and oxygen atoms in total. The molecule has 3 aromatic heterocycles. The Morgan fingerprint density at radius 3 is 1.24 bits per heavy atom. The molecule has 0 N–H and O–H groups in total. The van der Waals surface area contributed by atoms with E-state index in [0.29, 0.717) is 0 Å². The summed E-state index contributed by atoms with van der Waals surface area (Å²) in [7, 11) is 0. The van der Waals surface area contributed by atoms with Crippen LogP contribution in [0.5, 0.6) is 0 Å². The third kappa shape index (κ3) is 5.19. The number of hydrogen-bond acceptors (Lipinski definition) is 4. The smallest absolute Gasteiger partial charge is 0.136 e. The van der Waals surface area contributed by atoms with Crippen molar-refractivity contribution in [2.45, 2.75) is 0 Å². The first kappa shape index (κ1) is 32.8. The average Bonchev–Trinajstić information content (AvgIpc) is 3.99. The van der Waals surface area contributed by atoms with Crippen LogP contribution in [0.3, 0.4) is 0 Å². The Hall–Kier alpha value is -7.40. The van der Waals surface area contributed by atoms with Crippen molar-refractivity contribution in [2.75, 3.05) is 4.90 Å². The predicted molar refractivity (Wildman–Crippen MR) is 245 cm³/mol. The van der Waals surface area contributed by atoms with Gasteiger partial charge in [0.25, 0.3) is 0 Å². The van der Waals surface area contributed by atoms with Gasteiger partial charge in [0.05, 0.1) is 0 Å². The fourth-order valence-corrected chi connectivity index (χ4v) is 10.1. The quantitative estimate of drug-likeness (QED) is 0.169. The zero-order valence-electron chi connectivity index (χ0n) is 31.2. The summed E-state index contributed by atoms with van der Waals surface area (Å²) in [5, 5.41) is 7.16. The first-order valence-electron chi connectivity index (χ1n) is 19.6. The van der Waals surface area contributed by atoms with Gasteiger partial charge in [0, 0.05) is 58.8 Å². The van der Waals surface area contributed by atoms with E-state index in [0.717, 1.165) is 83.2 Å². The zero-order valence-corrected chi connectivity index (χ0v) is 32.0. The van der Waals surface area contributed by atoms with E-state index in [1.54, 1.807) is 0 Å². The Bertz CT molecular complexity index is 3340. The van der Waals surface area contributed by atoms with Crippen molar-refractivity contribution in [3.8, 4) is 33.4 Å². The molecule has 0 spiro atoms. The first-order chi connectivity index (χ1) is 28.7. The van der Waals surface area contributed by atoms with E-state index in [-0.39, 0.29) is 0 Å². The number of rotatable bonds is 6. The summed E-state index contributed by atoms with van der Waals surface area (Å²) in [5.41, 5.74) is 13.9. The number of para-hydroxylation sites is 2. The summed E-state index contributed by atoms with van der Waals surface area (Å²) in [6.45, 7) is 0. The summed E-state index contributed by atoms with van der Waals surface area (Å²) in [6, 6.07) is 71.5. The molecule has 0 fully saturated rings. The summed E-state index contributed by atoms with van der Waals surface area (Å²) in [4.78, 5) is 2.35. The lowest BCUT2D eigenvalue weighted by Crippen LogP contribution is -2.09. The Morgan fingerprint density at radius 2 is 0.707 bits per heavy atom. The Kier molecular flexibility index (Phi) is 7.40. The Balaban J connectivity index is 0.968. The topological polar surface area (TPSA) is 29.5 Å². The van der Waals surface area contributed by atoms with E-state index in [9.17, 15) is 0 Å². The van der Waals surface area contributed by atoms with Crippen LogP contribution in [-0.2, 0) is 0 Å². The van der Waals surface area contributed by atoms with Crippen molar-refractivity contribution >= 4 is 92.4 Å². The lowest BCUT2D eigenvalue weighted by Gasteiger charge is -2.26. The third-order valence-electron chi connectivity index (χ3n) is 11.5. The second kappa shape index (κ2) is 13.1. The molecular formula is C54H33NO2S.